The van der Waals surface area contributed by atoms with Crippen molar-refractivity contribution in [1.29, 1.82) is 0 Å². The third-order valence-corrected chi connectivity index (χ3v) is 8.04. The number of carbonyl (C=O) groups is 2. The summed E-state index contributed by atoms with van der Waals surface area (Å²) in [5.74, 6) is -0.0265. The van der Waals surface area contributed by atoms with Gasteiger partial charge in [0.2, 0.25) is 5.78 Å². The maximum absolute atomic E-state index is 12.7. The molecule has 0 spiro atoms. The molecule has 0 amide bonds. The number of rotatable bonds is 7. The van der Waals surface area contributed by atoms with Crippen molar-refractivity contribution in [2.24, 2.45) is 0 Å². The first-order valence-electron chi connectivity index (χ1n) is 10.8. The number of fused-ring (bicyclic) bond motifs is 1. The van der Waals surface area contributed by atoms with Crippen molar-refractivity contribution >= 4 is 27.4 Å². The Morgan fingerprint density at radius 3 is 2.64 bits per heavy atom. The number of aryl methyl sites for hydroxylation is 3. The first-order chi connectivity index (χ1) is 15.6. The molecule has 11 heteroatoms. The average Bonchev–Trinajstić information content (AvgIpc) is 3.43. The summed E-state index contributed by atoms with van der Waals surface area (Å²) in [6.45, 7) is 7.05. The number of hydrogen-bond donors (Lipinski definition) is 0. The Morgan fingerprint density at radius 2 is 1.94 bits per heavy atom. The molecule has 0 aliphatic carbocycles. The van der Waals surface area contributed by atoms with E-state index in [2.05, 4.69) is 15.1 Å². The van der Waals surface area contributed by atoms with Crippen molar-refractivity contribution in [3.05, 3.63) is 46.3 Å². The van der Waals surface area contributed by atoms with Crippen molar-refractivity contribution < 1.29 is 22.7 Å². The number of sulfone groups is 1. The lowest BCUT2D eigenvalue weighted by atomic mass is 10.1. The van der Waals surface area contributed by atoms with Gasteiger partial charge in [-0.25, -0.2) is 17.9 Å². The molecule has 3 aromatic rings. The molecule has 10 nitrogen and oxygen atoms in total. The number of Topliss-reactive ketones (excluding diaryl/α,β-unsaturated/α-hetero) is 1. The van der Waals surface area contributed by atoms with Crippen LogP contribution in [0, 0.1) is 27.7 Å². The van der Waals surface area contributed by atoms with Gasteiger partial charge in [0, 0.05) is 40.8 Å². The van der Waals surface area contributed by atoms with Crippen LogP contribution in [0.2, 0.25) is 0 Å². The Bertz CT molecular complexity index is 1360. The maximum Gasteiger partial charge on any atom is 0.306 e. The van der Waals surface area contributed by atoms with Gasteiger partial charge in [0.15, 0.2) is 16.4 Å². The first kappa shape index (κ1) is 23.1. The molecule has 0 radical (unpaired) electrons. The van der Waals surface area contributed by atoms with E-state index in [-0.39, 0.29) is 36.4 Å². The molecule has 0 N–H and O–H groups in total. The summed E-state index contributed by atoms with van der Waals surface area (Å²) < 4.78 is 32.5. The number of esters is 1. The predicted molar refractivity (Wildman–Crippen MR) is 120 cm³/mol. The van der Waals surface area contributed by atoms with Crippen LogP contribution in [0.3, 0.4) is 0 Å². The van der Waals surface area contributed by atoms with Crippen LogP contribution >= 0.6 is 0 Å². The molecule has 0 aromatic carbocycles. The molecule has 1 atom stereocenters. The summed E-state index contributed by atoms with van der Waals surface area (Å²) >= 11 is 0. The topological polar surface area (TPSA) is 126 Å². The van der Waals surface area contributed by atoms with Crippen molar-refractivity contribution in [3.63, 3.8) is 0 Å². The molecule has 0 saturated carbocycles. The summed E-state index contributed by atoms with van der Waals surface area (Å²) in [7, 11) is -3.04. The third kappa shape index (κ3) is 4.54. The number of hydrogen-bond acceptors (Lipinski definition) is 8. The summed E-state index contributed by atoms with van der Waals surface area (Å²) in [5.41, 5.74) is 4.52. The fourth-order valence-electron chi connectivity index (χ4n) is 4.64. The summed E-state index contributed by atoms with van der Waals surface area (Å²) in [5, 5.41) is 4.14. The lowest BCUT2D eigenvalue weighted by Gasteiger charge is -2.16. The second kappa shape index (κ2) is 8.69. The normalized spacial score (nSPS) is 17.5. The summed E-state index contributed by atoms with van der Waals surface area (Å²) in [4.78, 5) is 33.5. The van der Waals surface area contributed by atoms with E-state index in [1.807, 2.05) is 25.3 Å². The Morgan fingerprint density at radius 1 is 1.18 bits per heavy atom. The fourth-order valence-corrected chi connectivity index (χ4v) is 6.34. The highest BCUT2D eigenvalue weighted by molar-refractivity contribution is 7.91. The van der Waals surface area contributed by atoms with Gasteiger partial charge in [0.25, 0.3) is 5.78 Å². The molecule has 1 aliphatic rings. The molecule has 33 heavy (non-hydrogen) atoms. The van der Waals surface area contributed by atoms with Crippen LogP contribution in [0.1, 0.15) is 57.6 Å². The summed E-state index contributed by atoms with van der Waals surface area (Å²) in [6.07, 6.45) is 2.49. The number of aromatic nitrogens is 5. The molecule has 3 aromatic heterocycles. The molecule has 1 unspecified atom stereocenters. The fraction of sp³-hybridized carbons (Fsp3) is 0.500. The van der Waals surface area contributed by atoms with Gasteiger partial charge >= 0.3 is 5.97 Å². The largest absolute Gasteiger partial charge is 0.457 e. The van der Waals surface area contributed by atoms with Crippen LogP contribution in [-0.2, 0) is 25.8 Å². The quantitative estimate of drug-likeness (QED) is 0.376. The van der Waals surface area contributed by atoms with Crippen LogP contribution in [0.5, 0.6) is 0 Å². The molecular weight excluding hydrogens is 446 g/mol. The zero-order valence-corrected chi connectivity index (χ0v) is 20.0. The van der Waals surface area contributed by atoms with E-state index in [0.717, 1.165) is 22.6 Å². The zero-order chi connectivity index (χ0) is 23.9. The molecule has 4 rings (SSSR count). The zero-order valence-electron chi connectivity index (χ0n) is 19.2. The van der Waals surface area contributed by atoms with Crippen LogP contribution in [0.15, 0.2) is 12.4 Å². The van der Waals surface area contributed by atoms with Gasteiger partial charge in [-0.3, -0.25) is 9.59 Å². The Hall–Kier alpha value is -3.08. The highest BCUT2D eigenvalue weighted by atomic mass is 32.2. The van der Waals surface area contributed by atoms with Gasteiger partial charge in [-0.05, 0) is 52.2 Å². The molecule has 1 fully saturated rings. The maximum atomic E-state index is 12.7. The molecular formula is C22H27N5O5S. The highest BCUT2D eigenvalue weighted by Gasteiger charge is 2.31. The second-order valence-corrected chi connectivity index (χ2v) is 10.8. The molecule has 1 aliphatic heterocycles. The number of ketones is 1. The van der Waals surface area contributed by atoms with Gasteiger partial charge < -0.3 is 9.30 Å². The van der Waals surface area contributed by atoms with Gasteiger partial charge in [-0.15, -0.1) is 0 Å². The van der Waals surface area contributed by atoms with E-state index in [1.165, 1.54) is 6.33 Å². The highest BCUT2D eigenvalue weighted by Crippen LogP contribution is 2.29. The van der Waals surface area contributed by atoms with Crippen LogP contribution in [0.4, 0.5) is 0 Å². The summed E-state index contributed by atoms with van der Waals surface area (Å²) in [6, 6.07) is 1.57. The van der Waals surface area contributed by atoms with Crippen LogP contribution < -0.4 is 0 Å². The minimum absolute atomic E-state index is 0.0834. The third-order valence-electron chi connectivity index (χ3n) is 6.29. The number of carbonyl (C=O) groups excluding carboxylic acids is 2. The van der Waals surface area contributed by atoms with Gasteiger partial charge in [0.1, 0.15) is 6.33 Å². The SMILES string of the molecule is Cc1nc2ncnn2c(C)c1CCC(=O)OCC(=O)c1cc(C)n(C2CCS(=O)(=O)C2)c1C. The van der Waals surface area contributed by atoms with Gasteiger partial charge in [-0.2, -0.15) is 10.1 Å². The standard InChI is InChI=1S/C22H27N5O5S/c1-13-9-19(15(3)26(13)17-7-8-33(30,31)11-17)20(28)10-32-21(29)6-5-18-14(2)25-22-23-12-24-27(22)16(18)4/h9,12,17H,5-8,10-11H2,1-4H3. The minimum Gasteiger partial charge on any atom is -0.457 e. The molecule has 1 saturated heterocycles. The van der Waals surface area contributed by atoms with E-state index in [0.29, 0.717) is 29.9 Å². The van der Waals surface area contributed by atoms with E-state index in [1.54, 1.807) is 17.5 Å². The Balaban J connectivity index is 1.38. The van der Waals surface area contributed by atoms with E-state index in [9.17, 15) is 18.0 Å². The van der Waals surface area contributed by atoms with Crippen LogP contribution in [-0.4, -0.2) is 62.4 Å². The van der Waals surface area contributed by atoms with Crippen molar-refractivity contribution in [1.82, 2.24) is 24.1 Å². The first-order valence-corrected chi connectivity index (χ1v) is 12.6. The van der Waals surface area contributed by atoms with E-state index < -0.39 is 15.8 Å². The van der Waals surface area contributed by atoms with E-state index in [4.69, 9.17) is 4.74 Å². The van der Waals surface area contributed by atoms with Gasteiger partial charge in [-0.1, -0.05) is 0 Å². The molecule has 4 heterocycles. The average molecular weight is 474 g/mol. The second-order valence-electron chi connectivity index (χ2n) is 8.53. The van der Waals surface area contributed by atoms with Crippen LogP contribution in [0.25, 0.3) is 5.78 Å². The monoisotopic (exact) mass is 473 g/mol. The number of ether oxygens (including phenoxy) is 1. The van der Waals surface area contributed by atoms with Crippen molar-refractivity contribution in [2.75, 3.05) is 18.1 Å². The predicted octanol–water partition coefficient (Wildman–Crippen LogP) is 1.88. The lowest BCUT2D eigenvalue weighted by molar-refractivity contribution is -0.142. The Kier molecular flexibility index (Phi) is 6.08. The minimum atomic E-state index is -3.04. The van der Waals surface area contributed by atoms with Crippen molar-refractivity contribution in [3.8, 4) is 0 Å². The molecule has 176 valence electrons. The smallest absolute Gasteiger partial charge is 0.306 e. The molecule has 0 bridgehead atoms. The van der Waals surface area contributed by atoms with E-state index >= 15 is 0 Å². The lowest BCUT2D eigenvalue weighted by Crippen LogP contribution is -2.17. The number of nitrogens with zero attached hydrogens (tertiary/aromatic N) is 5. The Labute approximate surface area is 191 Å². The van der Waals surface area contributed by atoms with Gasteiger partial charge in [0.05, 0.1) is 11.5 Å². The van der Waals surface area contributed by atoms with Crippen molar-refractivity contribution in [2.45, 2.75) is 53.0 Å².